The van der Waals surface area contributed by atoms with Gasteiger partial charge in [0.05, 0.1) is 16.1 Å². The molecule has 0 saturated carbocycles. The minimum absolute atomic E-state index is 0.00501. The fourth-order valence-electron chi connectivity index (χ4n) is 7.24. The van der Waals surface area contributed by atoms with Crippen molar-refractivity contribution in [2.24, 2.45) is 29.4 Å². The number of aryl methyl sites for hydroxylation is 1. The SMILES string of the molecule is CCC(C)[C@H](CC(=O)[C@H](CC)c1ccccc1)C(=O)N[C@]1(C(=O)C[C@H](C(N)=S)C(C)CC)CCc2[nH]c3c(C(F)(F)F)cccc3c2C1. The van der Waals surface area contributed by atoms with Gasteiger partial charge < -0.3 is 16.0 Å². The molecule has 3 aromatic rings. The quantitative estimate of drug-likeness (QED) is 0.140. The molecule has 2 unspecified atom stereocenters. The number of ketones is 2. The normalized spacial score (nSPS) is 19.5. The summed E-state index contributed by atoms with van der Waals surface area (Å²) in [6.45, 7) is 9.80. The lowest BCUT2D eigenvalue weighted by Gasteiger charge is -2.39. The van der Waals surface area contributed by atoms with Gasteiger partial charge in [0.25, 0.3) is 0 Å². The Morgan fingerprint density at radius 3 is 2.17 bits per heavy atom. The van der Waals surface area contributed by atoms with Gasteiger partial charge in [0.1, 0.15) is 11.3 Å². The maximum Gasteiger partial charge on any atom is 0.418 e. The second-order valence-corrected chi connectivity index (χ2v) is 14.1. The number of aromatic amines is 1. The number of carbonyl (C=O) groups excluding carboxylic acids is 3. The lowest BCUT2D eigenvalue weighted by molar-refractivity contribution is -0.137. The van der Waals surface area contributed by atoms with Gasteiger partial charge in [-0.1, -0.05) is 102 Å². The highest BCUT2D eigenvalue weighted by atomic mass is 32.1. The predicted molar refractivity (Wildman–Crippen MR) is 188 cm³/mol. The summed E-state index contributed by atoms with van der Waals surface area (Å²) in [5.41, 5.74) is 6.00. The van der Waals surface area contributed by atoms with Crippen molar-refractivity contribution < 1.29 is 27.6 Å². The Kier molecular flexibility index (Phi) is 11.9. The molecule has 0 fully saturated rings. The third-order valence-corrected chi connectivity index (χ3v) is 11.0. The van der Waals surface area contributed by atoms with Crippen molar-refractivity contribution >= 4 is 45.6 Å². The zero-order chi connectivity index (χ0) is 35.4. The molecule has 6 atom stereocenters. The van der Waals surface area contributed by atoms with Gasteiger partial charge in [-0.3, -0.25) is 14.4 Å². The summed E-state index contributed by atoms with van der Waals surface area (Å²) in [6, 6.07) is 13.5. The summed E-state index contributed by atoms with van der Waals surface area (Å²) in [4.78, 5) is 45.9. The Balaban J connectivity index is 1.75. The summed E-state index contributed by atoms with van der Waals surface area (Å²) < 4.78 is 41.9. The second-order valence-electron chi connectivity index (χ2n) is 13.6. The van der Waals surface area contributed by atoms with E-state index in [1.807, 2.05) is 65.0 Å². The van der Waals surface area contributed by atoms with E-state index in [1.165, 1.54) is 6.07 Å². The van der Waals surface area contributed by atoms with Crippen LogP contribution in [0.5, 0.6) is 0 Å². The van der Waals surface area contributed by atoms with Gasteiger partial charge in [-0.05, 0) is 48.3 Å². The number of nitrogens with two attached hydrogens (primary N) is 1. The zero-order valence-corrected chi connectivity index (χ0v) is 29.3. The van der Waals surface area contributed by atoms with Crippen LogP contribution in [0.3, 0.4) is 0 Å². The number of halogens is 3. The number of hydrogen-bond acceptors (Lipinski definition) is 4. The predicted octanol–water partition coefficient (Wildman–Crippen LogP) is 8.25. The zero-order valence-electron chi connectivity index (χ0n) is 28.5. The molecule has 4 rings (SSSR count). The maximum atomic E-state index is 14.5. The number of benzene rings is 2. The molecule has 0 bridgehead atoms. The van der Waals surface area contributed by atoms with Crippen molar-refractivity contribution in [2.45, 2.75) is 104 Å². The molecule has 48 heavy (non-hydrogen) atoms. The highest BCUT2D eigenvalue weighted by Crippen LogP contribution is 2.41. The highest BCUT2D eigenvalue weighted by molar-refractivity contribution is 7.80. The number of aromatic nitrogens is 1. The van der Waals surface area contributed by atoms with Crippen molar-refractivity contribution in [2.75, 3.05) is 0 Å². The summed E-state index contributed by atoms with van der Waals surface area (Å²) in [6.07, 6.45) is -2.15. The van der Waals surface area contributed by atoms with Crippen molar-refractivity contribution in [3.63, 3.8) is 0 Å². The molecule has 0 radical (unpaired) electrons. The Hall–Kier alpha value is -3.53. The summed E-state index contributed by atoms with van der Waals surface area (Å²) in [5.74, 6) is -2.33. The van der Waals surface area contributed by atoms with E-state index in [0.29, 0.717) is 29.5 Å². The highest BCUT2D eigenvalue weighted by Gasteiger charge is 2.46. The minimum Gasteiger partial charge on any atom is -0.393 e. The van der Waals surface area contributed by atoms with Crippen LogP contribution in [0.15, 0.2) is 48.5 Å². The fourth-order valence-corrected chi connectivity index (χ4v) is 7.56. The van der Waals surface area contributed by atoms with E-state index in [4.69, 9.17) is 18.0 Å². The molecule has 0 saturated heterocycles. The number of hydrogen-bond donors (Lipinski definition) is 3. The molecular formula is C38H48F3N3O3S. The van der Waals surface area contributed by atoms with Crippen LogP contribution in [0.2, 0.25) is 0 Å². The van der Waals surface area contributed by atoms with E-state index in [0.717, 1.165) is 18.1 Å². The molecule has 0 spiro atoms. The molecule has 6 nitrogen and oxygen atoms in total. The lowest BCUT2D eigenvalue weighted by Crippen LogP contribution is -2.60. The monoisotopic (exact) mass is 683 g/mol. The number of fused-ring (bicyclic) bond motifs is 3. The van der Waals surface area contributed by atoms with Crippen molar-refractivity contribution in [3.05, 3.63) is 70.9 Å². The second kappa shape index (κ2) is 15.3. The Bertz CT molecular complexity index is 1640. The number of nitrogens with one attached hydrogen (secondary N) is 2. The number of H-pyrrole nitrogens is 1. The molecule has 1 aromatic heterocycles. The number of rotatable bonds is 15. The molecule has 1 aliphatic rings. The summed E-state index contributed by atoms with van der Waals surface area (Å²) in [5, 5.41) is 3.51. The molecule has 1 heterocycles. The van der Waals surface area contributed by atoms with Gasteiger partial charge in [-0.25, -0.2) is 0 Å². The molecule has 1 aliphatic carbocycles. The standard InChI is InChI=1S/C38H48F3N3O3S/c1-6-22(4)27(35(42)48)20-33(46)37(18-17-31-29(21-37)26-15-12-16-30(34(26)43-31)38(39,40)41)44-36(47)28(23(5)7-2)19-32(45)25(8-3)24-13-10-9-11-14-24/h9-16,22-23,25,27-28,43H,6-8,17-21H2,1-5H3,(H2,42,48)(H,44,47)/t22?,23?,25-,27+,28+,37-/m1/s1. The van der Waals surface area contributed by atoms with Gasteiger partial charge in [0, 0.05) is 48.1 Å². The average Bonchev–Trinajstić information content (AvgIpc) is 3.43. The number of alkyl halides is 3. The van der Waals surface area contributed by atoms with Crippen molar-refractivity contribution in [1.82, 2.24) is 10.3 Å². The van der Waals surface area contributed by atoms with Gasteiger partial charge in [-0.2, -0.15) is 13.2 Å². The third kappa shape index (κ3) is 7.85. The first-order chi connectivity index (χ1) is 22.7. The van der Waals surface area contributed by atoms with Gasteiger partial charge >= 0.3 is 6.18 Å². The van der Waals surface area contributed by atoms with E-state index in [2.05, 4.69) is 10.3 Å². The van der Waals surface area contributed by atoms with Gasteiger partial charge in [-0.15, -0.1) is 0 Å². The topological polar surface area (TPSA) is 105 Å². The molecular weight excluding hydrogens is 635 g/mol. The smallest absolute Gasteiger partial charge is 0.393 e. The fraction of sp³-hybridized carbons (Fsp3) is 0.526. The van der Waals surface area contributed by atoms with Crippen LogP contribution in [0, 0.1) is 23.7 Å². The first kappa shape index (κ1) is 37.3. The largest absolute Gasteiger partial charge is 0.418 e. The molecule has 10 heteroatoms. The van der Waals surface area contributed by atoms with Crippen LogP contribution < -0.4 is 11.1 Å². The van der Waals surface area contributed by atoms with Gasteiger partial charge in [0.15, 0.2) is 5.78 Å². The number of carbonyl (C=O) groups is 3. The number of thiocarbonyl (C=S) groups is 1. The van der Waals surface area contributed by atoms with Gasteiger partial charge in [0.2, 0.25) is 5.91 Å². The van der Waals surface area contributed by atoms with Crippen LogP contribution >= 0.6 is 12.2 Å². The summed E-state index contributed by atoms with van der Waals surface area (Å²) >= 11 is 5.37. The van der Waals surface area contributed by atoms with E-state index in [-0.39, 0.29) is 71.9 Å². The van der Waals surface area contributed by atoms with Crippen molar-refractivity contribution in [3.8, 4) is 0 Å². The Morgan fingerprint density at radius 1 is 0.938 bits per heavy atom. The number of amides is 1. The molecule has 2 aromatic carbocycles. The number of Topliss-reactive ketones (excluding diaryl/α,β-unsaturated/α-hetero) is 2. The van der Waals surface area contributed by atoms with Crippen LogP contribution in [0.4, 0.5) is 13.2 Å². The van der Waals surface area contributed by atoms with Crippen molar-refractivity contribution in [1.29, 1.82) is 0 Å². The van der Waals surface area contributed by atoms with Crippen LogP contribution in [0.25, 0.3) is 10.9 Å². The number of para-hydroxylation sites is 1. The first-order valence-electron chi connectivity index (χ1n) is 17.1. The third-order valence-electron chi connectivity index (χ3n) is 10.7. The van der Waals surface area contributed by atoms with Crippen LogP contribution in [0.1, 0.15) is 101 Å². The summed E-state index contributed by atoms with van der Waals surface area (Å²) in [7, 11) is 0. The Morgan fingerprint density at radius 2 is 1.58 bits per heavy atom. The average molecular weight is 684 g/mol. The van der Waals surface area contributed by atoms with E-state index < -0.39 is 35.0 Å². The minimum atomic E-state index is -4.57. The molecule has 0 aliphatic heterocycles. The molecule has 260 valence electrons. The molecule has 4 N–H and O–H groups in total. The van der Waals surface area contributed by atoms with Crippen LogP contribution in [-0.2, 0) is 33.4 Å². The lowest BCUT2D eigenvalue weighted by atomic mass is 9.72. The maximum absolute atomic E-state index is 14.5. The first-order valence-corrected chi connectivity index (χ1v) is 17.5. The van der Waals surface area contributed by atoms with E-state index in [1.54, 1.807) is 6.07 Å². The molecule has 1 amide bonds. The van der Waals surface area contributed by atoms with E-state index >= 15 is 0 Å². The Labute approximate surface area is 286 Å². The van der Waals surface area contributed by atoms with Crippen LogP contribution in [-0.4, -0.2) is 33.0 Å². The van der Waals surface area contributed by atoms with E-state index in [9.17, 15) is 27.6 Å².